The van der Waals surface area contributed by atoms with Gasteiger partial charge in [-0.25, -0.2) is 4.98 Å². The summed E-state index contributed by atoms with van der Waals surface area (Å²) in [7, 11) is 0. The van der Waals surface area contributed by atoms with Crippen molar-refractivity contribution in [3.63, 3.8) is 0 Å². The number of aromatic nitrogens is 2. The third-order valence-electron chi connectivity index (χ3n) is 2.68. The molecule has 19 heavy (non-hydrogen) atoms. The molecule has 0 aliphatic carbocycles. The minimum Gasteiger partial charge on any atom is -0.399 e. The summed E-state index contributed by atoms with van der Waals surface area (Å²) in [5.41, 5.74) is 7.49. The summed E-state index contributed by atoms with van der Waals surface area (Å²) < 4.78 is 0. The zero-order chi connectivity index (χ0) is 13.7. The number of nitrogen functional groups attached to an aromatic ring is 1. The van der Waals surface area contributed by atoms with E-state index in [0.717, 1.165) is 12.1 Å². The van der Waals surface area contributed by atoms with Crippen LogP contribution in [0.2, 0.25) is 0 Å². The lowest BCUT2D eigenvalue weighted by Crippen LogP contribution is -2.32. The molecule has 0 unspecified atom stereocenters. The smallest absolute Gasteiger partial charge is 0.278 e. The van der Waals surface area contributed by atoms with Crippen molar-refractivity contribution in [1.29, 1.82) is 0 Å². The maximum Gasteiger partial charge on any atom is 0.278 e. The van der Waals surface area contributed by atoms with Gasteiger partial charge in [-0.2, -0.15) is 0 Å². The predicted octanol–water partition coefficient (Wildman–Crippen LogP) is 2.12. The van der Waals surface area contributed by atoms with Gasteiger partial charge in [0.15, 0.2) is 0 Å². The van der Waals surface area contributed by atoms with Crippen molar-refractivity contribution >= 4 is 17.3 Å². The second-order valence-corrected chi connectivity index (χ2v) is 4.14. The van der Waals surface area contributed by atoms with Crippen LogP contribution in [-0.2, 0) is 0 Å². The second kappa shape index (κ2) is 5.95. The Bertz CT molecular complexity index is 539. The molecule has 0 saturated heterocycles. The van der Waals surface area contributed by atoms with E-state index in [9.17, 15) is 4.79 Å². The number of nitrogens with zero attached hydrogens (tertiary/aromatic N) is 3. The number of benzene rings is 1. The van der Waals surface area contributed by atoms with Crippen molar-refractivity contribution in [2.45, 2.75) is 13.3 Å². The maximum atomic E-state index is 12.4. The van der Waals surface area contributed by atoms with Crippen LogP contribution >= 0.6 is 0 Å². The fourth-order valence-corrected chi connectivity index (χ4v) is 1.77. The molecular formula is C14H16N4O. The lowest BCUT2D eigenvalue weighted by Gasteiger charge is -2.21. The van der Waals surface area contributed by atoms with Crippen LogP contribution in [0.3, 0.4) is 0 Å². The summed E-state index contributed by atoms with van der Waals surface area (Å²) in [6.45, 7) is 2.65. The molecule has 0 bridgehead atoms. The minimum atomic E-state index is -0.153. The zero-order valence-corrected chi connectivity index (χ0v) is 10.8. The van der Waals surface area contributed by atoms with Crippen LogP contribution in [0, 0.1) is 0 Å². The molecule has 0 fully saturated rings. The number of carbonyl (C=O) groups excluding carboxylic acids is 1. The normalized spacial score (nSPS) is 10.2. The minimum absolute atomic E-state index is 0.153. The van der Waals surface area contributed by atoms with E-state index in [4.69, 9.17) is 5.73 Å². The molecule has 0 spiro atoms. The number of rotatable bonds is 4. The Morgan fingerprint density at radius 1 is 1.26 bits per heavy atom. The highest BCUT2D eigenvalue weighted by Crippen LogP contribution is 2.18. The van der Waals surface area contributed by atoms with Crippen LogP contribution in [0.25, 0.3) is 0 Å². The zero-order valence-electron chi connectivity index (χ0n) is 10.8. The highest BCUT2D eigenvalue weighted by molar-refractivity contribution is 6.04. The van der Waals surface area contributed by atoms with E-state index >= 15 is 0 Å². The van der Waals surface area contributed by atoms with Crippen molar-refractivity contribution in [3.8, 4) is 0 Å². The predicted molar refractivity (Wildman–Crippen MR) is 74.9 cm³/mol. The summed E-state index contributed by atoms with van der Waals surface area (Å²) in [6, 6.07) is 7.22. The Kier molecular flexibility index (Phi) is 4.07. The van der Waals surface area contributed by atoms with Crippen molar-refractivity contribution in [3.05, 3.63) is 48.5 Å². The number of hydrogen-bond donors (Lipinski definition) is 1. The van der Waals surface area contributed by atoms with Crippen molar-refractivity contribution in [2.75, 3.05) is 17.2 Å². The van der Waals surface area contributed by atoms with Gasteiger partial charge in [-0.05, 0) is 30.7 Å². The summed E-state index contributed by atoms with van der Waals surface area (Å²) in [5.74, 6) is -0.153. The number of carbonyl (C=O) groups is 1. The van der Waals surface area contributed by atoms with Crippen molar-refractivity contribution < 1.29 is 4.79 Å². The van der Waals surface area contributed by atoms with Crippen LogP contribution in [0.4, 0.5) is 11.4 Å². The summed E-state index contributed by atoms with van der Waals surface area (Å²) >= 11 is 0. The Morgan fingerprint density at radius 3 is 2.58 bits per heavy atom. The first-order valence-electron chi connectivity index (χ1n) is 6.15. The Hall–Kier alpha value is -2.43. The van der Waals surface area contributed by atoms with E-state index in [1.165, 1.54) is 12.4 Å². The van der Waals surface area contributed by atoms with E-state index in [1.807, 2.05) is 19.1 Å². The van der Waals surface area contributed by atoms with Gasteiger partial charge in [0.2, 0.25) is 0 Å². The van der Waals surface area contributed by atoms with E-state index in [0.29, 0.717) is 17.9 Å². The molecule has 0 saturated carbocycles. The molecule has 5 heteroatoms. The first-order valence-corrected chi connectivity index (χ1v) is 6.15. The van der Waals surface area contributed by atoms with Gasteiger partial charge in [0.1, 0.15) is 5.69 Å². The average molecular weight is 256 g/mol. The van der Waals surface area contributed by atoms with E-state index in [-0.39, 0.29) is 5.91 Å². The van der Waals surface area contributed by atoms with Crippen LogP contribution in [-0.4, -0.2) is 22.4 Å². The van der Waals surface area contributed by atoms with Gasteiger partial charge >= 0.3 is 0 Å². The molecule has 5 nitrogen and oxygen atoms in total. The molecule has 0 aliphatic rings. The van der Waals surface area contributed by atoms with Crippen LogP contribution in [0.1, 0.15) is 23.8 Å². The van der Waals surface area contributed by atoms with Crippen LogP contribution < -0.4 is 10.6 Å². The van der Waals surface area contributed by atoms with E-state index in [1.54, 1.807) is 23.2 Å². The first kappa shape index (κ1) is 13.0. The highest BCUT2D eigenvalue weighted by atomic mass is 16.2. The van der Waals surface area contributed by atoms with Gasteiger partial charge in [-0.3, -0.25) is 9.78 Å². The largest absolute Gasteiger partial charge is 0.399 e. The fraction of sp³-hybridized carbons (Fsp3) is 0.214. The molecule has 2 N–H and O–H groups in total. The molecule has 2 rings (SSSR count). The Morgan fingerprint density at radius 2 is 2.00 bits per heavy atom. The molecule has 0 radical (unpaired) electrons. The first-order chi connectivity index (χ1) is 9.22. The monoisotopic (exact) mass is 256 g/mol. The third-order valence-corrected chi connectivity index (χ3v) is 2.68. The van der Waals surface area contributed by atoms with Crippen LogP contribution in [0.5, 0.6) is 0 Å². The van der Waals surface area contributed by atoms with Gasteiger partial charge in [0.05, 0.1) is 6.20 Å². The lowest BCUT2D eigenvalue weighted by atomic mass is 10.2. The summed E-state index contributed by atoms with van der Waals surface area (Å²) in [4.78, 5) is 22.1. The molecule has 1 aromatic heterocycles. The summed E-state index contributed by atoms with van der Waals surface area (Å²) in [6.07, 6.45) is 5.39. The topological polar surface area (TPSA) is 72.1 Å². The number of hydrogen-bond acceptors (Lipinski definition) is 4. The second-order valence-electron chi connectivity index (χ2n) is 4.14. The van der Waals surface area contributed by atoms with Crippen molar-refractivity contribution in [1.82, 2.24) is 9.97 Å². The quantitative estimate of drug-likeness (QED) is 0.850. The van der Waals surface area contributed by atoms with Crippen LogP contribution in [0.15, 0.2) is 42.9 Å². The molecule has 0 aliphatic heterocycles. The molecule has 1 heterocycles. The van der Waals surface area contributed by atoms with Gasteiger partial charge in [-0.1, -0.05) is 6.92 Å². The number of anilines is 2. The molecule has 98 valence electrons. The third kappa shape index (κ3) is 3.07. The Balaban J connectivity index is 2.30. The van der Waals surface area contributed by atoms with Gasteiger partial charge in [0.25, 0.3) is 5.91 Å². The van der Waals surface area contributed by atoms with Gasteiger partial charge in [0, 0.05) is 30.3 Å². The molecule has 1 aromatic carbocycles. The number of nitrogens with two attached hydrogens (primary N) is 1. The van der Waals surface area contributed by atoms with Crippen molar-refractivity contribution in [2.24, 2.45) is 0 Å². The maximum absolute atomic E-state index is 12.4. The van der Waals surface area contributed by atoms with E-state index < -0.39 is 0 Å². The van der Waals surface area contributed by atoms with E-state index in [2.05, 4.69) is 9.97 Å². The lowest BCUT2D eigenvalue weighted by molar-refractivity contribution is 0.0981. The molecule has 0 atom stereocenters. The molecule has 1 amide bonds. The van der Waals surface area contributed by atoms with Gasteiger partial charge in [-0.15, -0.1) is 0 Å². The standard InChI is InChI=1S/C14H16N4O/c1-2-9-18(12-5-3-11(15)4-6-12)14(19)13-10-16-7-8-17-13/h3-8,10H,2,9,15H2,1H3. The molecular weight excluding hydrogens is 240 g/mol. The fourth-order valence-electron chi connectivity index (χ4n) is 1.77. The Labute approximate surface area is 112 Å². The SMILES string of the molecule is CCCN(C(=O)c1cnccn1)c1ccc(N)cc1. The molecule has 2 aromatic rings. The average Bonchev–Trinajstić information content (AvgIpc) is 2.46. The van der Waals surface area contributed by atoms with Gasteiger partial charge < -0.3 is 10.6 Å². The summed E-state index contributed by atoms with van der Waals surface area (Å²) in [5, 5.41) is 0. The number of amides is 1. The highest BCUT2D eigenvalue weighted by Gasteiger charge is 2.18.